The molecule has 42 heavy (non-hydrogen) atoms. The first kappa shape index (κ1) is 30.4. The van der Waals surface area contributed by atoms with E-state index in [1.54, 1.807) is 48.6 Å². The van der Waals surface area contributed by atoms with Gasteiger partial charge in [-0.25, -0.2) is 4.39 Å². The topological polar surface area (TPSA) is 124 Å². The standard InChI is InChI=1S/C32H33FN2O7/c1-21(2)34-29-6-4-3-5-28(29)32(24-11-13-25(33)14-12-24)30(34)16-15-26(36)17-27(37)18-31(38)41-19-22-7-9-23(10-8-22)20-42-35(39)40/h3-16,21,26-27,36-37H,17-20H2,1-2H3/t26-,27-/m1/s1. The fraction of sp³-hybridized carbons (Fsp3) is 0.281. The second-order valence-electron chi connectivity index (χ2n) is 10.2. The summed E-state index contributed by atoms with van der Waals surface area (Å²) in [7, 11) is 0. The van der Waals surface area contributed by atoms with Gasteiger partial charge in [-0.3, -0.25) is 4.79 Å². The van der Waals surface area contributed by atoms with E-state index in [2.05, 4.69) is 23.3 Å². The molecule has 10 heteroatoms. The zero-order valence-corrected chi connectivity index (χ0v) is 23.4. The number of para-hydroxylation sites is 1. The van der Waals surface area contributed by atoms with Gasteiger partial charge in [0.2, 0.25) is 0 Å². The Morgan fingerprint density at radius 3 is 2.29 bits per heavy atom. The van der Waals surface area contributed by atoms with Crippen molar-refractivity contribution in [3.63, 3.8) is 0 Å². The number of benzene rings is 3. The van der Waals surface area contributed by atoms with E-state index in [4.69, 9.17) is 4.74 Å². The molecular weight excluding hydrogens is 543 g/mol. The predicted molar refractivity (Wildman–Crippen MR) is 156 cm³/mol. The number of ether oxygens (including phenoxy) is 1. The number of aliphatic hydroxyl groups is 2. The number of hydrogen-bond donors (Lipinski definition) is 2. The Bertz CT molecular complexity index is 1550. The van der Waals surface area contributed by atoms with Crippen LogP contribution < -0.4 is 0 Å². The van der Waals surface area contributed by atoms with Crippen molar-refractivity contribution >= 4 is 22.9 Å². The Morgan fingerprint density at radius 2 is 1.64 bits per heavy atom. The highest BCUT2D eigenvalue weighted by atomic mass is 19.1. The lowest BCUT2D eigenvalue weighted by atomic mass is 10.0. The van der Waals surface area contributed by atoms with Gasteiger partial charge in [0.05, 0.1) is 18.6 Å². The Balaban J connectivity index is 1.40. The zero-order chi connectivity index (χ0) is 30.2. The highest BCUT2D eigenvalue weighted by molar-refractivity contribution is 6.01. The van der Waals surface area contributed by atoms with Gasteiger partial charge < -0.3 is 24.4 Å². The quantitative estimate of drug-likeness (QED) is 0.114. The van der Waals surface area contributed by atoms with Gasteiger partial charge in [-0.05, 0) is 54.8 Å². The van der Waals surface area contributed by atoms with Crippen LogP contribution in [0.5, 0.6) is 0 Å². The average Bonchev–Trinajstić information content (AvgIpc) is 3.29. The number of carbonyl (C=O) groups is 1. The molecule has 9 nitrogen and oxygen atoms in total. The maximum Gasteiger partial charge on any atom is 0.308 e. The minimum absolute atomic E-state index is 0.0315. The van der Waals surface area contributed by atoms with E-state index in [1.807, 2.05) is 24.3 Å². The zero-order valence-electron chi connectivity index (χ0n) is 23.4. The lowest BCUT2D eigenvalue weighted by Crippen LogP contribution is -2.20. The molecule has 4 rings (SSSR count). The number of carbonyl (C=O) groups excluding carboxylic acids is 1. The summed E-state index contributed by atoms with van der Waals surface area (Å²) in [5.41, 5.74) is 4.85. The van der Waals surface area contributed by atoms with Crippen LogP contribution in [-0.2, 0) is 27.6 Å². The third-order valence-electron chi connectivity index (χ3n) is 6.75. The molecule has 0 aliphatic heterocycles. The van der Waals surface area contributed by atoms with Crippen LogP contribution in [0.3, 0.4) is 0 Å². The summed E-state index contributed by atoms with van der Waals surface area (Å²) in [4.78, 5) is 26.9. The molecule has 0 bridgehead atoms. The van der Waals surface area contributed by atoms with Gasteiger partial charge in [-0.1, -0.05) is 60.7 Å². The van der Waals surface area contributed by atoms with Crippen molar-refractivity contribution in [3.8, 4) is 11.1 Å². The number of aromatic nitrogens is 1. The number of nitrogens with zero attached hydrogens (tertiary/aromatic N) is 2. The van der Waals surface area contributed by atoms with Crippen molar-refractivity contribution in [1.29, 1.82) is 0 Å². The molecule has 0 radical (unpaired) electrons. The first-order valence-electron chi connectivity index (χ1n) is 13.6. The van der Waals surface area contributed by atoms with E-state index in [0.717, 1.165) is 27.7 Å². The van der Waals surface area contributed by atoms with Gasteiger partial charge in [-0.2, -0.15) is 0 Å². The molecule has 0 unspecified atom stereocenters. The first-order valence-corrected chi connectivity index (χ1v) is 13.6. The molecule has 3 aromatic carbocycles. The van der Waals surface area contributed by atoms with Crippen molar-refractivity contribution in [3.05, 3.63) is 112 Å². The van der Waals surface area contributed by atoms with Gasteiger partial charge in [0.15, 0.2) is 0 Å². The van der Waals surface area contributed by atoms with E-state index in [9.17, 15) is 29.5 Å². The van der Waals surface area contributed by atoms with Gasteiger partial charge in [0, 0.05) is 34.6 Å². The molecule has 1 heterocycles. The number of hydrogen-bond acceptors (Lipinski definition) is 7. The molecule has 4 aromatic rings. The van der Waals surface area contributed by atoms with Crippen molar-refractivity contribution < 1.29 is 34.1 Å². The maximum atomic E-state index is 13.7. The van der Waals surface area contributed by atoms with Crippen LogP contribution in [0.15, 0.2) is 78.9 Å². The second kappa shape index (κ2) is 13.9. The van der Waals surface area contributed by atoms with Gasteiger partial charge in [0.1, 0.15) is 19.0 Å². The fourth-order valence-corrected chi connectivity index (χ4v) is 4.84. The minimum Gasteiger partial charge on any atom is -0.461 e. The number of fused-ring (bicyclic) bond motifs is 1. The molecule has 0 spiro atoms. The van der Waals surface area contributed by atoms with Crippen molar-refractivity contribution in [2.24, 2.45) is 0 Å². The van der Waals surface area contributed by atoms with E-state index in [-0.39, 0.29) is 37.9 Å². The van der Waals surface area contributed by atoms with E-state index < -0.39 is 23.3 Å². The van der Waals surface area contributed by atoms with Crippen LogP contribution in [0.25, 0.3) is 28.1 Å². The summed E-state index contributed by atoms with van der Waals surface area (Å²) in [5, 5.41) is 31.6. The SMILES string of the molecule is CC(C)n1c(C=C[C@@H](O)C[C@@H](O)CC(=O)OCc2ccc(CO[N+](=O)[O-])cc2)c(-c2ccc(F)cc2)c2ccccc21. The second-order valence-corrected chi connectivity index (χ2v) is 10.2. The van der Waals surface area contributed by atoms with Crippen LogP contribution in [0, 0.1) is 15.9 Å². The molecule has 0 amide bonds. The van der Waals surface area contributed by atoms with Crippen LogP contribution in [0.1, 0.15) is 49.6 Å². The average molecular weight is 577 g/mol. The van der Waals surface area contributed by atoms with Crippen LogP contribution >= 0.6 is 0 Å². The van der Waals surface area contributed by atoms with Crippen LogP contribution in [0.2, 0.25) is 0 Å². The number of aliphatic hydroxyl groups excluding tert-OH is 2. The van der Waals surface area contributed by atoms with Crippen molar-refractivity contribution in [2.75, 3.05) is 0 Å². The molecular formula is C32H33FN2O7. The molecule has 2 N–H and O–H groups in total. The lowest BCUT2D eigenvalue weighted by Gasteiger charge is -2.15. The summed E-state index contributed by atoms with van der Waals surface area (Å²) < 4.78 is 21.1. The Hall–Kier alpha value is -4.54. The summed E-state index contributed by atoms with van der Waals surface area (Å²) in [6, 6.07) is 20.9. The molecule has 220 valence electrons. The number of rotatable bonds is 13. The van der Waals surface area contributed by atoms with E-state index in [0.29, 0.717) is 11.1 Å². The van der Waals surface area contributed by atoms with E-state index >= 15 is 0 Å². The molecule has 0 aliphatic rings. The molecule has 0 fully saturated rings. The molecule has 0 saturated carbocycles. The molecule has 1 aromatic heterocycles. The van der Waals surface area contributed by atoms with Crippen molar-refractivity contribution in [2.45, 2.75) is 58.2 Å². The number of halogens is 1. The van der Waals surface area contributed by atoms with Crippen LogP contribution in [0.4, 0.5) is 4.39 Å². The first-order chi connectivity index (χ1) is 20.1. The monoisotopic (exact) mass is 576 g/mol. The summed E-state index contributed by atoms with van der Waals surface area (Å²) >= 11 is 0. The summed E-state index contributed by atoms with van der Waals surface area (Å²) in [5.74, 6) is -0.956. The van der Waals surface area contributed by atoms with Gasteiger partial charge >= 0.3 is 5.97 Å². The summed E-state index contributed by atoms with van der Waals surface area (Å²) in [6.45, 7) is 3.91. The Labute approximate surface area is 242 Å². The van der Waals surface area contributed by atoms with Crippen LogP contribution in [-0.4, -0.2) is 38.0 Å². The fourth-order valence-electron chi connectivity index (χ4n) is 4.84. The summed E-state index contributed by atoms with van der Waals surface area (Å²) in [6.07, 6.45) is 0.831. The smallest absolute Gasteiger partial charge is 0.308 e. The normalized spacial score (nSPS) is 13.0. The minimum atomic E-state index is -1.13. The highest BCUT2D eigenvalue weighted by Crippen LogP contribution is 2.38. The van der Waals surface area contributed by atoms with Gasteiger partial charge in [-0.15, -0.1) is 10.1 Å². The Kier molecular flexibility index (Phi) is 10.1. The maximum absolute atomic E-state index is 13.7. The number of esters is 1. The molecule has 0 aliphatic carbocycles. The van der Waals surface area contributed by atoms with E-state index in [1.165, 1.54) is 12.1 Å². The molecule has 0 saturated heterocycles. The molecule has 2 atom stereocenters. The van der Waals surface area contributed by atoms with Crippen molar-refractivity contribution in [1.82, 2.24) is 4.57 Å². The third kappa shape index (κ3) is 7.80. The highest BCUT2D eigenvalue weighted by Gasteiger charge is 2.20. The van der Waals surface area contributed by atoms with Gasteiger partial charge in [0.25, 0.3) is 5.09 Å². The Morgan fingerprint density at radius 1 is 1.00 bits per heavy atom. The lowest BCUT2D eigenvalue weighted by molar-refractivity contribution is -0.763. The third-order valence-corrected chi connectivity index (χ3v) is 6.75. The largest absolute Gasteiger partial charge is 0.461 e. The predicted octanol–water partition coefficient (Wildman–Crippen LogP) is 6.00.